The van der Waals surface area contributed by atoms with Gasteiger partial charge in [0.2, 0.25) is 5.91 Å². The van der Waals surface area contributed by atoms with Crippen LogP contribution in [0.15, 0.2) is 12.3 Å². The highest BCUT2D eigenvalue weighted by Gasteiger charge is 2.36. The van der Waals surface area contributed by atoms with Gasteiger partial charge in [-0.3, -0.25) is 4.79 Å². The van der Waals surface area contributed by atoms with Crippen LogP contribution in [0.1, 0.15) is 32.0 Å². The van der Waals surface area contributed by atoms with Crippen LogP contribution in [0.25, 0.3) is 5.65 Å². The van der Waals surface area contributed by atoms with Crippen LogP contribution in [-0.4, -0.2) is 53.2 Å². The molecule has 0 spiro atoms. The van der Waals surface area contributed by atoms with E-state index in [1.807, 2.05) is 10.6 Å². The summed E-state index contributed by atoms with van der Waals surface area (Å²) in [6.45, 7) is 10.5. The van der Waals surface area contributed by atoms with E-state index in [2.05, 4.69) is 41.4 Å². The molecule has 1 fully saturated rings. The molecule has 7 nitrogen and oxygen atoms in total. The topological polar surface area (TPSA) is 74.6 Å². The maximum Gasteiger partial charge on any atom is 0.226 e. The highest BCUT2D eigenvalue weighted by molar-refractivity contribution is 5.82. The average molecular weight is 356 g/mol. The molecule has 0 radical (unpaired) electrons. The molecular weight excluding hydrogens is 328 g/mol. The van der Waals surface area contributed by atoms with Gasteiger partial charge >= 0.3 is 0 Å². The van der Waals surface area contributed by atoms with Gasteiger partial charge < -0.3 is 15.5 Å². The number of anilines is 1. The molecule has 4 heterocycles. The van der Waals surface area contributed by atoms with Crippen molar-refractivity contribution in [1.82, 2.24) is 25.2 Å². The summed E-state index contributed by atoms with van der Waals surface area (Å²) >= 11 is 0. The molecule has 2 aliphatic rings. The number of nitrogens with one attached hydrogen (secondary N) is 2. The highest BCUT2D eigenvalue weighted by atomic mass is 16.2. The van der Waals surface area contributed by atoms with Crippen molar-refractivity contribution in [2.24, 2.45) is 11.3 Å². The third-order valence-corrected chi connectivity index (χ3v) is 5.13. The van der Waals surface area contributed by atoms with E-state index in [0.717, 1.165) is 50.5 Å². The Morgan fingerprint density at radius 3 is 2.85 bits per heavy atom. The lowest BCUT2D eigenvalue weighted by Crippen LogP contribution is -2.55. The predicted molar refractivity (Wildman–Crippen MR) is 101 cm³/mol. The normalized spacial score (nSPS) is 18.3. The molecular formula is C19H28N6O. The first-order valence-corrected chi connectivity index (χ1v) is 9.51. The zero-order valence-electron chi connectivity index (χ0n) is 15.9. The molecule has 1 amide bonds. The fourth-order valence-electron chi connectivity index (χ4n) is 3.65. The van der Waals surface area contributed by atoms with E-state index in [1.165, 1.54) is 11.3 Å². The van der Waals surface area contributed by atoms with Gasteiger partial charge in [-0.1, -0.05) is 20.8 Å². The fraction of sp³-hybridized carbons (Fsp3) is 0.632. The van der Waals surface area contributed by atoms with Gasteiger partial charge in [0, 0.05) is 44.2 Å². The van der Waals surface area contributed by atoms with Crippen LogP contribution in [0.5, 0.6) is 0 Å². The monoisotopic (exact) mass is 356 g/mol. The minimum atomic E-state index is 0.0516. The van der Waals surface area contributed by atoms with E-state index in [-0.39, 0.29) is 17.2 Å². The van der Waals surface area contributed by atoms with E-state index in [4.69, 9.17) is 4.98 Å². The molecule has 0 atom stereocenters. The van der Waals surface area contributed by atoms with E-state index >= 15 is 0 Å². The van der Waals surface area contributed by atoms with Crippen molar-refractivity contribution in [1.29, 1.82) is 0 Å². The summed E-state index contributed by atoms with van der Waals surface area (Å²) < 4.78 is 1.94. The van der Waals surface area contributed by atoms with Crippen molar-refractivity contribution in [3.8, 4) is 0 Å². The van der Waals surface area contributed by atoms with Gasteiger partial charge in [0.1, 0.15) is 5.82 Å². The van der Waals surface area contributed by atoms with Crippen LogP contribution in [0.3, 0.4) is 0 Å². The Kier molecular flexibility index (Phi) is 4.34. The summed E-state index contributed by atoms with van der Waals surface area (Å²) in [7, 11) is 0. The second-order valence-corrected chi connectivity index (χ2v) is 8.59. The lowest BCUT2D eigenvalue weighted by Gasteiger charge is -2.41. The van der Waals surface area contributed by atoms with Crippen LogP contribution in [-0.2, 0) is 17.6 Å². The Hall–Kier alpha value is -2.15. The number of hydrogen-bond donors (Lipinski definition) is 2. The SMILES string of the molecule is CC(C)(C)CNC(=O)C1CN(c2c3c(nc4ccnn24)CCNCC3)C1. The Morgan fingerprint density at radius 1 is 1.31 bits per heavy atom. The Morgan fingerprint density at radius 2 is 2.08 bits per heavy atom. The molecule has 2 aliphatic heterocycles. The first-order valence-electron chi connectivity index (χ1n) is 9.51. The van der Waals surface area contributed by atoms with Gasteiger partial charge in [-0.2, -0.15) is 9.61 Å². The molecule has 140 valence electrons. The van der Waals surface area contributed by atoms with Crippen molar-refractivity contribution < 1.29 is 4.79 Å². The molecule has 7 heteroatoms. The molecule has 0 aromatic carbocycles. The summed E-state index contributed by atoms with van der Waals surface area (Å²) in [6, 6.07) is 1.95. The average Bonchev–Trinajstić information content (AvgIpc) is 2.87. The Labute approximate surface area is 154 Å². The van der Waals surface area contributed by atoms with Gasteiger partial charge in [0.15, 0.2) is 5.65 Å². The molecule has 0 unspecified atom stereocenters. The van der Waals surface area contributed by atoms with Crippen molar-refractivity contribution >= 4 is 17.4 Å². The molecule has 2 aromatic rings. The van der Waals surface area contributed by atoms with Crippen molar-refractivity contribution in [3.63, 3.8) is 0 Å². The molecule has 4 rings (SSSR count). The number of rotatable bonds is 3. The van der Waals surface area contributed by atoms with Crippen molar-refractivity contribution in [3.05, 3.63) is 23.5 Å². The maximum atomic E-state index is 12.4. The minimum Gasteiger partial charge on any atom is -0.355 e. The molecule has 0 bridgehead atoms. The number of nitrogens with zero attached hydrogens (tertiary/aromatic N) is 4. The van der Waals surface area contributed by atoms with E-state index in [1.54, 1.807) is 6.20 Å². The van der Waals surface area contributed by atoms with Gasteiger partial charge in [0.05, 0.1) is 17.8 Å². The Balaban J connectivity index is 1.54. The maximum absolute atomic E-state index is 12.4. The summed E-state index contributed by atoms with van der Waals surface area (Å²) in [5, 5.41) is 11.0. The standard InChI is InChI=1S/C19H28N6O/c1-19(2,3)12-21-17(26)13-10-24(11-13)18-14-4-7-20-8-5-15(14)23-16-6-9-22-25(16)18/h6,9,13,20H,4-5,7-8,10-12H2,1-3H3,(H,21,26). The number of carbonyl (C=O) groups excluding carboxylic acids is 1. The number of amides is 1. The highest BCUT2D eigenvalue weighted by Crippen LogP contribution is 2.31. The third kappa shape index (κ3) is 3.28. The number of carbonyl (C=O) groups is 1. The second kappa shape index (κ2) is 6.54. The van der Waals surface area contributed by atoms with Crippen molar-refractivity contribution in [2.75, 3.05) is 37.6 Å². The second-order valence-electron chi connectivity index (χ2n) is 8.59. The van der Waals surface area contributed by atoms with Crippen LogP contribution in [0, 0.1) is 11.3 Å². The zero-order chi connectivity index (χ0) is 18.3. The summed E-state index contributed by atoms with van der Waals surface area (Å²) in [5.74, 6) is 1.34. The van der Waals surface area contributed by atoms with E-state index in [9.17, 15) is 4.79 Å². The van der Waals surface area contributed by atoms with Gasteiger partial charge in [-0.25, -0.2) is 4.98 Å². The third-order valence-electron chi connectivity index (χ3n) is 5.13. The molecule has 1 saturated heterocycles. The number of aromatic nitrogens is 3. The molecule has 0 saturated carbocycles. The number of fused-ring (bicyclic) bond motifs is 2. The van der Waals surface area contributed by atoms with Crippen LogP contribution in [0.4, 0.5) is 5.82 Å². The zero-order valence-corrected chi connectivity index (χ0v) is 15.9. The van der Waals surface area contributed by atoms with Gasteiger partial charge in [-0.05, 0) is 18.4 Å². The van der Waals surface area contributed by atoms with Crippen LogP contribution in [0.2, 0.25) is 0 Å². The lowest BCUT2D eigenvalue weighted by molar-refractivity contribution is -0.126. The molecule has 0 aliphatic carbocycles. The van der Waals surface area contributed by atoms with Gasteiger partial charge in [-0.15, -0.1) is 0 Å². The smallest absolute Gasteiger partial charge is 0.226 e. The van der Waals surface area contributed by atoms with Crippen LogP contribution >= 0.6 is 0 Å². The lowest BCUT2D eigenvalue weighted by atomic mass is 9.94. The summed E-state index contributed by atoms with van der Waals surface area (Å²) in [5.41, 5.74) is 3.44. The van der Waals surface area contributed by atoms with Gasteiger partial charge in [0.25, 0.3) is 0 Å². The summed E-state index contributed by atoms with van der Waals surface area (Å²) in [4.78, 5) is 19.5. The summed E-state index contributed by atoms with van der Waals surface area (Å²) in [6.07, 6.45) is 3.69. The van der Waals surface area contributed by atoms with E-state index in [0.29, 0.717) is 6.54 Å². The molecule has 2 N–H and O–H groups in total. The van der Waals surface area contributed by atoms with Crippen molar-refractivity contribution in [2.45, 2.75) is 33.6 Å². The first kappa shape index (κ1) is 17.3. The molecule has 26 heavy (non-hydrogen) atoms. The fourth-order valence-corrected chi connectivity index (χ4v) is 3.65. The molecule has 2 aromatic heterocycles. The minimum absolute atomic E-state index is 0.0516. The predicted octanol–water partition coefficient (Wildman–Crippen LogP) is 1.02. The first-order chi connectivity index (χ1) is 12.4. The number of hydrogen-bond acceptors (Lipinski definition) is 5. The van der Waals surface area contributed by atoms with Crippen LogP contribution < -0.4 is 15.5 Å². The van der Waals surface area contributed by atoms with E-state index < -0.39 is 0 Å². The quantitative estimate of drug-likeness (QED) is 0.859. The largest absolute Gasteiger partial charge is 0.355 e. The Bertz CT molecular complexity index is 815.